The van der Waals surface area contributed by atoms with Crippen LogP contribution < -0.4 is 5.32 Å². The van der Waals surface area contributed by atoms with Crippen LogP contribution in [0.3, 0.4) is 0 Å². The topological polar surface area (TPSA) is 34.4 Å². The van der Waals surface area contributed by atoms with Gasteiger partial charge in [-0.15, -0.1) is 0 Å². The van der Waals surface area contributed by atoms with Gasteiger partial charge in [0.05, 0.1) is 18.4 Å². The Balaban J connectivity index is 1.67. The number of hydrogen-bond acceptors (Lipinski definition) is 4. The molecular weight excluding hydrogens is 260 g/mol. The van der Waals surface area contributed by atoms with Crippen LogP contribution >= 0.6 is 11.8 Å². The van der Waals surface area contributed by atoms with Crippen molar-refractivity contribution in [3.63, 3.8) is 0 Å². The Hall–Kier alpha value is -0.590. The van der Waals surface area contributed by atoms with E-state index in [0.717, 1.165) is 18.6 Å². The molecule has 3 nitrogen and oxygen atoms in total. The van der Waals surface area contributed by atoms with Crippen molar-refractivity contribution in [1.29, 1.82) is 0 Å². The Labute approximate surface area is 109 Å². The van der Waals surface area contributed by atoms with E-state index in [-0.39, 0.29) is 5.75 Å². The van der Waals surface area contributed by atoms with E-state index in [9.17, 15) is 8.78 Å². The lowest BCUT2D eigenvalue weighted by Crippen LogP contribution is -2.44. The van der Waals surface area contributed by atoms with E-state index in [1.807, 2.05) is 6.07 Å². The van der Waals surface area contributed by atoms with Crippen molar-refractivity contribution in [3.8, 4) is 0 Å². The number of hydrogen-bond donors (Lipinski definition) is 1. The van der Waals surface area contributed by atoms with Crippen LogP contribution in [0.1, 0.15) is 24.4 Å². The number of alkyl halides is 2. The summed E-state index contributed by atoms with van der Waals surface area (Å²) in [7, 11) is 1.72. The molecule has 0 bridgehead atoms. The van der Waals surface area contributed by atoms with Crippen LogP contribution in [-0.2, 0) is 17.0 Å². The molecule has 1 aliphatic rings. The van der Waals surface area contributed by atoms with Crippen LogP contribution in [0.25, 0.3) is 0 Å². The third-order valence-corrected chi connectivity index (χ3v) is 3.77. The molecule has 2 rings (SSSR count). The summed E-state index contributed by atoms with van der Waals surface area (Å²) in [5.74, 6) is -0.744. The number of nitrogens with one attached hydrogen (secondary N) is 1. The third-order valence-electron chi connectivity index (χ3n) is 3.06. The van der Waals surface area contributed by atoms with E-state index in [1.165, 1.54) is 0 Å². The largest absolute Gasteiger partial charge is 0.464 e. The van der Waals surface area contributed by atoms with Gasteiger partial charge in [0.1, 0.15) is 11.5 Å². The SMILES string of the molecule is COC1CC(NCc2ccc(CSC(F)F)o2)C1. The molecule has 1 aromatic rings. The first kappa shape index (κ1) is 13.8. The highest BCUT2D eigenvalue weighted by Gasteiger charge is 2.28. The summed E-state index contributed by atoms with van der Waals surface area (Å²) in [5.41, 5.74) is 0. The summed E-state index contributed by atoms with van der Waals surface area (Å²) in [6.07, 6.45) is 2.41. The van der Waals surface area contributed by atoms with E-state index in [4.69, 9.17) is 9.15 Å². The zero-order chi connectivity index (χ0) is 13.0. The molecule has 0 unspecified atom stereocenters. The molecule has 0 atom stereocenters. The van der Waals surface area contributed by atoms with Gasteiger partial charge in [-0.1, -0.05) is 11.8 Å². The molecule has 1 aromatic heterocycles. The zero-order valence-corrected chi connectivity index (χ0v) is 11.0. The van der Waals surface area contributed by atoms with E-state index in [0.29, 0.717) is 36.2 Å². The quantitative estimate of drug-likeness (QED) is 0.831. The minimum atomic E-state index is -2.35. The van der Waals surface area contributed by atoms with Gasteiger partial charge in [0.2, 0.25) is 0 Å². The second kappa shape index (κ2) is 6.54. The van der Waals surface area contributed by atoms with Gasteiger partial charge in [0.25, 0.3) is 5.76 Å². The lowest BCUT2D eigenvalue weighted by Gasteiger charge is -2.34. The summed E-state index contributed by atoms with van der Waals surface area (Å²) in [4.78, 5) is 0. The van der Waals surface area contributed by atoms with Gasteiger partial charge in [0.15, 0.2) is 0 Å². The Kier molecular flexibility index (Phi) is 5.03. The average molecular weight is 277 g/mol. The molecule has 1 N–H and O–H groups in total. The van der Waals surface area contributed by atoms with Crippen LogP contribution in [-0.4, -0.2) is 25.0 Å². The van der Waals surface area contributed by atoms with Gasteiger partial charge in [-0.25, -0.2) is 0 Å². The van der Waals surface area contributed by atoms with Crippen molar-refractivity contribution in [1.82, 2.24) is 5.32 Å². The molecule has 1 aliphatic carbocycles. The maximum absolute atomic E-state index is 12.0. The summed E-state index contributed by atoms with van der Waals surface area (Å²) in [6, 6.07) is 4.06. The van der Waals surface area contributed by atoms with Gasteiger partial charge in [-0.2, -0.15) is 8.78 Å². The van der Waals surface area contributed by atoms with Crippen molar-refractivity contribution < 1.29 is 17.9 Å². The number of halogens is 2. The smallest absolute Gasteiger partial charge is 0.284 e. The first-order chi connectivity index (χ1) is 8.67. The lowest BCUT2D eigenvalue weighted by atomic mass is 9.89. The standard InChI is InChI=1S/C12H17F2NO2S/c1-16-11-4-8(5-11)15-6-9-2-3-10(17-9)7-18-12(13)14/h2-3,8,11-12,15H,4-7H2,1H3. The molecule has 1 saturated carbocycles. The van der Waals surface area contributed by atoms with Crippen LogP contribution in [0.5, 0.6) is 0 Å². The first-order valence-electron chi connectivity index (χ1n) is 5.91. The minimum Gasteiger partial charge on any atom is -0.464 e. The summed E-state index contributed by atoms with van der Waals surface area (Å²) >= 11 is 0.577. The van der Waals surface area contributed by atoms with Crippen LogP contribution in [0.2, 0.25) is 0 Å². The van der Waals surface area contributed by atoms with E-state index < -0.39 is 5.76 Å². The van der Waals surface area contributed by atoms with Gasteiger partial charge in [-0.05, 0) is 25.0 Å². The van der Waals surface area contributed by atoms with E-state index in [2.05, 4.69) is 5.32 Å². The summed E-state index contributed by atoms with van der Waals surface area (Å²) in [6.45, 7) is 0.639. The number of furan rings is 1. The highest BCUT2D eigenvalue weighted by atomic mass is 32.2. The van der Waals surface area contributed by atoms with Crippen molar-refractivity contribution in [2.75, 3.05) is 7.11 Å². The number of rotatable bonds is 7. The maximum Gasteiger partial charge on any atom is 0.284 e. The van der Waals surface area contributed by atoms with Crippen LogP contribution in [0.15, 0.2) is 16.5 Å². The number of methoxy groups -OCH3 is 1. The Morgan fingerprint density at radius 1 is 1.44 bits per heavy atom. The van der Waals surface area contributed by atoms with Crippen molar-refractivity contribution in [2.24, 2.45) is 0 Å². The first-order valence-corrected chi connectivity index (χ1v) is 6.95. The summed E-state index contributed by atoms with van der Waals surface area (Å²) < 4.78 is 34.7. The van der Waals surface area contributed by atoms with Gasteiger partial charge >= 0.3 is 0 Å². The lowest BCUT2D eigenvalue weighted by molar-refractivity contribution is 0.0165. The predicted octanol–water partition coefficient (Wildman–Crippen LogP) is 3.00. The predicted molar refractivity (Wildman–Crippen MR) is 66.7 cm³/mol. The minimum absolute atomic E-state index is 0.215. The van der Waals surface area contributed by atoms with Crippen LogP contribution in [0.4, 0.5) is 8.78 Å². The molecule has 102 valence electrons. The van der Waals surface area contributed by atoms with E-state index >= 15 is 0 Å². The molecule has 1 fully saturated rings. The molecular formula is C12H17F2NO2S. The van der Waals surface area contributed by atoms with Gasteiger partial charge in [-0.3, -0.25) is 0 Å². The normalized spacial score (nSPS) is 23.3. The van der Waals surface area contributed by atoms with Gasteiger partial charge < -0.3 is 14.5 Å². The Morgan fingerprint density at radius 2 is 2.17 bits per heavy atom. The molecule has 0 aliphatic heterocycles. The zero-order valence-electron chi connectivity index (χ0n) is 10.2. The molecule has 0 saturated heterocycles. The van der Waals surface area contributed by atoms with Crippen molar-refractivity contribution in [2.45, 2.75) is 43.0 Å². The van der Waals surface area contributed by atoms with Crippen molar-refractivity contribution in [3.05, 3.63) is 23.7 Å². The molecule has 18 heavy (non-hydrogen) atoms. The molecule has 0 aromatic carbocycles. The molecule has 0 amide bonds. The fraction of sp³-hybridized carbons (Fsp3) is 0.667. The third kappa shape index (κ3) is 3.96. The highest BCUT2D eigenvalue weighted by molar-refractivity contribution is 7.98. The molecule has 0 radical (unpaired) electrons. The fourth-order valence-corrected chi connectivity index (χ4v) is 2.36. The highest BCUT2D eigenvalue weighted by Crippen LogP contribution is 2.24. The Morgan fingerprint density at radius 3 is 2.83 bits per heavy atom. The van der Waals surface area contributed by atoms with Crippen LogP contribution in [0, 0.1) is 0 Å². The van der Waals surface area contributed by atoms with Crippen molar-refractivity contribution >= 4 is 11.8 Å². The average Bonchev–Trinajstić information content (AvgIpc) is 2.72. The number of thioether (sulfide) groups is 1. The maximum atomic E-state index is 12.0. The van der Waals surface area contributed by atoms with E-state index in [1.54, 1.807) is 13.2 Å². The molecule has 1 heterocycles. The second-order valence-corrected chi connectivity index (χ2v) is 5.32. The number of ether oxygens (including phenoxy) is 1. The monoisotopic (exact) mass is 277 g/mol. The molecule has 0 spiro atoms. The Bertz CT molecular complexity index is 367. The summed E-state index contributed by atoms with van der Waals surface area (Å²) in [5, 5.41) is 3.35. The fourth-order valence-electron chi connectivity index (χ4n) is 1.91. The second-order valence-electron chi connectivity index (χ2n) is 4.35. The molecule has 6 heteroatoms. The van der Waals surface area contributed by atoms with Gasteiger partial charge in [0, 0.05) is 13.2 Å².